The van der Waals surface area contributed by atoms with Crippen LogP contribution in [0.2, 0.25) is 0 Å². The molecule has 1 aromatic carbocycles. The van der Waals surface area contributed by atoms with Gasteiger partial charge in [0.1, 0.15) is 0 Å². The molecule has 0 radical (unpaired) electrons. The number of amides is 1. The number of benzene rings is 1. The molecule has 21 heavy (non-hydrogen) atoms. The summed E-state index contributed by atoms with van der Waals surface area (Å²) in [4.78, 5) is 17.0. The first kappa shape index (κ1) is 14.6. The molecule has 0 aliphatic carbocycles. The minimum absolute atomic E-state index is 0.213. The zero-order valence-electron chi connectivity index (χ0n) is 13.4. The number of likely N-dealkylation sites (tertiary alicyclic amines) is 2. The Morgan fingerprint density at radius 1 is 1.14 bits per heavy atom. The van der Waals surface area contributed by atoms with Crippen molar-refractivity contribution in [2.24, 2.45) is 11.3 Å². The van der Waals surface area contributed by atoms with Crippen LogP contribution in [0, 0.1) is 11.3 Å². The van der Waals surface area contributed by atoms with E-state index in [9.17, 15) is 4.79 Å². The summed E-state index contributed by atoms with van der Waals surface area (Å²) in [6.07, 6.45) is 2.50. The quantitative estimate of drug-likeness (QED) is 0.796. The van der Waals surface area contributed by atoms with Crippen LogP contribution in [0.4, 0.5) is 0 Å². The van der Waals surface area contributed by atoms with Crippen molar-refractivity contribution in [3.05, 3.63) is 35.9 Å². The summed E-state index contributed by atoms with van der Waals surface area (Å²) in [6, 6.07) is 10.7. The third-order valence-electron chi connectivity index (χ3n) is 5.15. The van der Waals surface area contributed by atoms with Crippen LogP contribution in [-0.2, 0) is 4.79 Å². The van der Waals surface area contributed by atoms with E-state index in [-0.39, 0.29) is 17.4 Å². The molecule has 3 heteroatoms. The summed E-state index contributed by atoms with van der Waals surface area (Å²) in [5, 5.41) is 0. The van der Waals surface area contributed by atoms with Gasteiger partial charge in [-0.1, -0.05) is 37.3 Å². The molecule has 1 atom stereocenters. The van der Waals surface area contributed by atoms with Gasteiger partial charge in [-0.3, -0.25) is 9.69 Å². The van der Waals surface area contributed by atoms with Gasteiger partial charge in [0, 0.05) is 13.1 Å². The molecular formula is C18H26N2O. The van der Waals surface area contributed by atoms with Crippen molar-refractivity contribution in [1.82, 2.24) is 9.80 Å². The van der Waals surface area contributed by atoms with Gasteiger partial charge in [0.25, 0.3) is 0 Å². The maximum absolute atomic E-state index is 12.5. The van der Waals surface area contributed by atoms with Crippen molar-refractivity contribution in [2.75, 3.05) is 19.8 Å². The molecule has 3 rings (SSSR count). The number of piperidine rings is 1. The number of nitrogens with zero attached hydrogens (tertiary/aromatic N) is 2. The van der Waals surface area contributed by atoms with Gasteiger partial charge in [-0.05, 0) is 38.2 Å². The highest BCUT2D eigenvalue weighted by molar-refractivity contribution is 5.89. The number of carbonyl (C=O) groups excluding carboxylic acids is 1. The van der Waals surface area contributed by atoms with Crippen LogP contribution in [0.25, 0.3) is 0 Å². The maximum atomic E-state index is 12.5. The first-order valence-electron chi connectivity index (χ1n) is 8.08. The lowest BCUT2D eigenvalue weighted by molar-refractivity contribution is -0.174. The van der Waals surface area contributed by atoms with Crippen LogP contribution in [0.5, 0.6) is 0 Å². The topological polar surface area (TPSA) is 23.6 Å². The number of rotatable bonds is 3. The molecule has 0 saturated carbocycles. The minimum Gasteiger partial charge on any atom is -0.321 e. The van der Waals surface area contributed by atoms with Gasteiger partial charge < -0.3 is 4.90 Å². The summed E-state index contributed by atoms with van der Waals surface area (Å²) < 4.78 is 0. The molecule has 0 bridgehead atoms. The van der Waals surface area contributed by atoms with E-state index in [1.807, 2.05) is 6.07 Å². The third-order valence-corrected chi connectivity index (χ3v) is 5.15. The molecule has 0 aromatic heterocycles. The van der Waals surface area contributed by atoms with Crippen LogP contribution in [0.1, 0.15) is 45.2 Å². The van der Waals surface area contributed by atoms with E-state index in [1.54, 1.807) is 0 Å². The second kappa shape index (κ2) is 5.45. The first-order valence-corrected chi connectivity index (χ1v) is 8.08. The van der Waals surface area contributed by atoms with Crippen molar-refractivity contribution >= 4 is 5.91 Å². The van der Waals surface area contributed by atoms with E-state index in [1.165, 1.54) is 18.4 Å². The molecule has 0 N–H and O–H groups in total. The lowest BCUT2D eigenvalue weighted by Crippen LogP contribution is -2.63. The maximum Gasteiger partial charge on any atom is 0.232 e. The second-order valence-electron chi connectivity index (χ2n) is 7.25. The molecule has 1 amide bonds. The Bertz CT molecular complexity index is 503. The van der Waals surface area contributed by atoms with Crippen LogP contribution in [0.15, 0.2) is 30.3 Å². The number of β-lactam (4-membered cyclic amide) rings is 1. The summed E-state index contributed by atoms with van der Waals surface area (Å²) in [7, 11) is 0. The molecule has 3 nitrogen and oxygen atoms in total. The SMILES string of the molecule is CC1CCN(CN2C(=O)C(C)(C)C2c2ccccc2)CC1. The molecule has 2 saturated heterocycles. The average molecular weight is 286 g/mol. The Morgan fingerprint density at radius 3 is 2.38 bits per heavy atom. The Hall–Kier alpha value is -1.35. The van der Waals surface area contributed by atoms with Gasteiger partial charge >= 0.3 is 0 Å². The lowest BCUT2D eigenvalue weighted by Gasteiger charge is -2.54. The van der Waals surface area contributed by atoms with Crippen LogP contribution < -0.4 is 0 Å². The van der Waals surface area contributed by atoms with Gasteiger partial charge in [-0.2, -0.15) is 0 Å². The normalized spacial score (nSPS) is 26.7. The minimum atomic E-state index is -0.273. The van der Waals surface area contributed by atoms with E-state index in [2.05, 4.69) is 54.8 Å². The summed E-state index contributed by atoms with van der Waals surface area (Å²) in [5.41, 5.74) is 0.984. The lowest BCUT2D eigenvalue weighted by atomic mass is 9.71. The summed E-state index contributed by atoms with van der Waals surface area (Å²) in [6.45, 7) is 9.49. The Balaban J connectivity index is 1.73. The van der Waals surface area contributed by atoms with E-state index < -0.39 is 0 Å². The highest BCUT2D eigenvalue weighted by Gasteiger charge is 2.54. The number of hydrogen-bond acceptors (Lipinski definition) is 2. The zero-order valence-corrected chi connectivity index (χ0v) is 13.4. The van der Waals surface area contributed by atoms with E-state index >= 15 is 0 Å². The average Bonchev–Trinajstić information content (AvgIpc) is 2.49. The van der Waals surface area contributed by atoms with Crippen LogP contribution in [-0.4, -0.2) is 35.5 Å². The van der Waals surface area contributed by atoms with Crippen molar-refractivity contribution < 1.29 is 4.79 Å². The molecule has 2 aliphatic rings. The Morgan fingerprint density at radius 2 is 1.76 bits per heavy atom. The molecule has 114 valence electrons. The monoisotopic (exact) mass is 286 g/mol. The molecular weight excluding hydrogens is 260 g/mol. The fourth-order valence-corrected chi connectivity index (χ4v) is 3.72. The molecule has 2 heterocycles. The van der Waals surface area contributed by atoms with E-state index in [4.69, 9.17) is 0 Å². The van der Waals surface area contributed by atoms with Gasteiger partial charge in [-0.15, -0.1) is 0 Å². The van der Waals surface area contributed by atoms with Gasteiger partial charge in [-0.25, -0.2) is 0 Å². The Labute approximate surface area is 127 Å². The molecule has 1 aromatic rings. The van der Waals surface area contributed by atoms with Crippen molar-refractivity contribution in [1.29, 1.82) is 0 Å². The smallest absolute Gasteiger partial charge is 0.232 e. The fraction of sp³-hybridized carbons (Fsp3) is 0.611. The molecule has 2 aliphatic heterocycles. The predicted octanol–water partition coefficient (Wildman–Crippen LogP) is 3.29. The van der Waals surface area contributed by atoms with Gasteiger partial charge in [0.15, 0.2) is 0 Å². The van der Waals surface area contributed by atoms with Crippen molar-refractivity contribution in [3.63, 3.8) is 0 Å². The highest BCUT2D eigenvalue weighted by Crippen LogP contribution is 2.49. The van der Waals surface area contributed by atoms with Gasteiger partial charge in [0.05, 0.1) is 18.1 Å². The van der Waals surface area contributed by atoms with E-state index in [0.717, 1.165) is 25.7 Å². The van der Waals surface area contributed by atoms with Crippen molar-refractivity contribution in [3.8, 4) is 0 Å². The standard InChI is InChI=1S/C18H26N2O/c1-14-9-11-19(12-10-14)13-20-16(18(2,3)17(20)21)15-7-5-4-6-8-15/h4-8,14,16H,9-13H2,1-3H3. The van der Waals surface area contributed by atoms with Gasteiger partial charge in [0.2, 0.25) is 5.91 Å². The Kier molecular flexibility index (Phi) is 3.78. The molecule has 0 spiro atoms. The summed E-state index contributed by atoms with van der Waals surface area (Å²) >= 11 is 0. The largest absolute Gasteiger partial charge is 0.321 e. The predicted molar refractivity (Wildman–Crippen MR) is 84.6 cm³/mol. The molecule has 2 fully saturated rings. The summed E-state index contributed by atoms with van der Waals surface area (Å²) in [5.74, 6) is 1.12. The first-order chi connectivity index (χ1) is 10.00. The number of carbonyl (C=O) groups is 1. The molecule has 1 unspecified atom stereocenters. The van der Waals surface area contributed by atoms with E-state index in [0.29, 0.717) is 0 Å². The van der Waals surface area contributed by atoms with Crippen LogP contribution >= 0.6 is 0 Å². The van der Waals surface area contributed by atoms with Crippen LogP contribution in [0.3, 0.4) is 0 Å². The second-order valence-corrected chi connectivity index (χ2v) is 7.25. The number of hydrogen-bond donors (Lipinski definition) is 0. The third kappa shape index (κ3) is 2.59. The van der Waals surface area contributed by atoms with Crippen molar-refractivity contribution in [2.45, 2.75) is 39.7 Å². The zero-order chi connectivity index (χ0) is 15.0. The fourth-order valence-electron chi connectivity index (χ4n) is 3.72. The highest BCUT2D eigenvalue weighted by atomic mass is 16.2.